The summed E-state index contributed by atoms with van der Waals surface area (Å²) in [5.74, 6) is 0. The number of ether oxygens (including phenoxy) is 1. The lowest BCUT2D eigenvalue weighted by Gasteiger charge is -2.30. The minimum Gasteiger partial charge on any atom is -0.444 e. The SMILES string of the molecule is C=CC1=C(C=C)CN(C(=O)OC2CNCC23CC3)CC1. The van der Waals surface area contributed by atoms with Crippen molar-refractivity contribution in [1.82, 2.24) is 10.2 Å². The lowest BCUT2D eigenvalue weighted by Crippen LogP contribution is -2.40. The van der Waals surface area contributed by atoms with Gasteiger partial charge in [0.25, 0.3) is 0 Å². The zero-order valence-corrected chi connectivity index (χ0v) is 11.9. The van der Waals surface area contributed by atoms with E-state index >= 15 is 0 Å². The van der Waals surface area contributed by atoms with E-state index in [1.54, 1.807) is 4.90 Å². The van der Waals surface area contributed by atoms with Crippen LogP contribution in [0.4, 0.5) is 4.79 Å². The number of hydrogen-bond acceptors (Lipinski definition) is 3. The van der Waals surface area contributed by atoms with Crippen LogP contribution in [0.15, 0.2) is 36.5 Å². The van der Waals surface area contributed by atoms with Gasteiger partial charge in [-0.05, 0) is 30.4 Å². The Morgan fingerprint density at radius 2 is 2.10 bits per heavy atom. The molecule has 0 aromatic carbocycles. The molecule has 1 unspecified atom stereocenters. The predicted molar refractivity (Wildman–Crippen MR) is 78.4 cm³/mol. The van der Waals surface area contributed by atoms with Crippen molar-refractivity contribution in [3.05, 3.63) is 36.5 Å². The first-order valence-electron chi connectivity index (χ1n) is 7.32. The van der Waals surface area contributed by atoms with Crippen LogP contribution in [0.1, 0.15) is 19.3 Å². The van der Waals surface area contributed by atoms with E-state index in [9.17, 15) is 4.79 Å². The van der Waals surface area contributed by atoms with Gasteiger partial charge >= 0.3 is 6.09 Å². The highest BCUT2D eigenvalue weighted by atomic mass is 16.6. The maximum atomic E-state index is 12.3. The molecule has 20 heavy (non-hydrogen) atoms. The second-order valence-corrected chi connectivity index (χ2v) is 6.00. The molecule has 0 aromatic rings. The minimum atomic E-state index is -0.188. The molecule has 2 fully saturated rings. The molecule has 4 heteroatoms. The van der Waals surface area contributed by atoms with Crippen molar-refractivity contribution in [1.29, 1.82) is 0 Å². The zero-order valence-electron chi connectivity index (χ0n) is 11.9. The Kier molecular flexibility index (Phi) is 3.42. The number of amides is 1. The van der Waals surface area contributed by atoms with Crippen molar-refractivity contribution in [3.63, 3.8) is 0 Å². The van der Waals surface area contributed by atoms with Crippen LogP contribution in [-0.4, -0.2) is 43.3 Å². The molecule has 1 atom stereocenters. The molecule has 4 nitrogen and oxygen atoms in total. The highest BCUT2D eigenvalue weighted by Gasteiger charge is 2.54. The first kappa shape index (κ1) is 13.4. The number of nitrogens with zero attached hydrogens (tertiary/aromatic N) is 1. The van der Waals surface area contributed by atoms with Gasteiger partial charge in [-0.2, -0.15) is 0 Å². The Labute approximate surface area is 120 Å². The van der Waals surface area contributed by atoms with Crippen LogP contribution in [0.5, 0.6) is 0 Å². The summed E-state index contributed by atoms with van der Waals surface area (Å²) in [6.45, 7) is 10.7. The lowest BCUT2D eigenvalue weighted by molar-refractivity contribution is 0.0480. The number of carbonyl (C=O) groups is 1. The van der Waals surface area contributed by atoms with Gasteiger partial charge < -0.3 is 15.0 Å². The molecule has 1 spiro atoms. The fraction of sp³-hybridized carbons (Fsp3) is 0.562. The highest BCUT2D eigenvalue weighted by molar-refractivity contribution is 5.69. The minimum absolute atomic E-state index is 0.0481. The number of allylic oxidation sites excluding steroid dienone is 1. The molecular weight excluding hydrogens is 252 g/mol. The molecule has 3 rings (SSSR count). The van der Waals surface area contributed by atoms with Crippen molar-refractivity contribution < 1.29 is 9.53 Å². The van der Waals surface area contributed by atoms with Gasteiger partial charge in [0.1, 0.15) is 6.10 Å². The molecule has 1 saturated carbocycles. The van der Waals surface area contributed by atoms with Crippen LogP contribution in [0.3, 0.4) is 0 Å². The molecule has 2 heterocycles. The predicted octanol–water partition coefficient (Wildman–Crippen LogP) is 2.25. The largest absolute Gasteiger partial charge is 0.444 e. The monoisotopic (exact) mass is 274 g/mol. The van der Waals surface area contributed by atoms with Crippen molar-refractivity contribution in [2.24, 2.45) is 5.41 Å². The van der Waals surface area contributed by atoms with Crippen LogP contribution >= 0.6 is 0 Å². The average molecular weight is 274 g/mol. The van der Waals surface area contributed by atoms with Crippen LogP contribution in [0.25, 0.3) is 0 Å². The normalized spacial score (nSPS) is 27.6. The molecule has 108 valence electrons. The van der Waals surface area contributed by atoms with Gasteiger partial charge in [-0.3, -0.25) is 0 Å². The third-order valence-corrected chi connectivity index (χ3v) is 4.80. The van der Waals surface area contributed by atoms with Crippen LogP contribution in [0.2, 0.25) is 0 Å². The molecule has 1 amide bonds. The summed E-state index contributed by atoms with van der Waals surface area (Å²) < 4.78 is 5.73. The van der Waals surface area contributed by atoms with Crippen molar-refractivity contribution in [3.8, 4) is 0 Å². The Hall–Kier alpha value is -1.55. The zero-order chi connectivity index (χ0) is 14.2. The summed E-state index contributed by atoms with van der Waals surface area (Å²) >= 11 is 0. The fourth-order valence-electron chi connectivity index (χ4n) is 3.19. The Morgan fingerprint density at radius 1 is 1.35 bits per heavy atom. The molecule has 3 aliphatic rings. The molecule has 0 aromatic heterocycles. The van der Waals surface area contributed by atoms with E-state index in [1.165, 1.54) is 18.4 Å². The van der Waals surface area contributed by atoms with E-state index in [2.05, 4.69) is 18.5 Å². The molecule has 1 N–H and O–H groups in total. The Balaban J connectivity index is 1.62. The van der Waals surface area contributed by atoms with Gasteiger partial charge in [0.15, 0.2) is 0 Å². The summed E-state index contributed by atoms with van der Waals surface area (Å²) in [5, 5.41) is 3.34. The van der Waals surface area contributed by atoms with Gasteiger partial charge in [-0.25, -0.2) is 4.79 Å². The van der Waals surface area contributed by atoms with Gasteiger partial charge in [0.05, 0.1) is 0 Å². The van der Waals surface area contributed by atoms with Crippen molar-refractivity contribution in [2.75, 3.05) is 26.2 Å². The molecule has 1 saturated heterocycles. The fourth-order valence-corrected chi connectivity index (χ4v) is 3.19. The Bertz CT molecular complexity index is 477. The summed E-state index contributed by atoms with van der Waals surface area (Å²) in [6, 6.07) is 0. The van der Waals surface area contributed by atoms with E-state index < -0.39 is 0 Å². The van der Waals surface area contributed by atoms with Gasteiger partial charge in [0, 0.05) is 31.6 Å². The van der Waals surface area contributed by atoms with Gasteiger partial charge in [-0.15, -0.1) is 0 Å². The molecular formula is C16H22N2O2. The summed E-state index contributed by atoms with van der Waals surface area (Å²) in [7, 11) is 0. The summed E-state index contributed by atoms with van der Waals surface area (Å²) in [4.78, 5) is 14.1. The number of rotatable bonds is 3. The van der Waals surface area contributed by atoms with E-state index in [1.807, 2.05) is 12.2 Å². The van der Waals surface area contributed by atoms with Crippen LogP contribution in [0, 0.1) is 5.41 Å². The number of hydrogen-bond donors (Lipinski definition) is 1. The maximum Gasteiger partial charge on any atom is 0.410 e. The van der Waals surface area contributed by atoms with E-state index in [0.717, 1.165) is 25.1 Å². The van der Waals surface area contributed by atoms with Gasteiger partial charge in [-0.1, -0.05) is 25.3 Å². The van der Waals surface area contributed by atoms with Gasteiger partial charge in [0.2, 0.25) is 0 Å². The van der Waals surface area contributed by atoms with Crippen molar-refractivity contribution in [2.45, 2.75) is 25.4 Å². The smallest absolute Gasteiger partial charge is 0.410 e. The first-order chi connectivity index (χ1) is 9.68. The van der Waals surface area contributed by atoms with Crippen LogP contribution in [-0.2, 0) is 4.74 Å². The quantitative estimate of drug-likeness (QED) is 0.858. The first-order valence-corrected chi connectivity index (χ1v) is 7.32. The third kappa shape index (κ3) is 2.29. The molecule has 2 aliphatic heterocycles. The van der Waals surface area contributed by atoms with E-state index in [0.29, 0.717) is 13.1 Å². The van der Waals surface area contributed by atoms with Crippen molar-refractivity contribution >= 4 is 6.09 Å². The highest BCUT2D eigenvalue weighted by Crippen LogP contribution is 2.51. The molecule has 0 radical (unpaired) electrons. The Morgan fingerprint density at radius 3 is 2.75 bits per heavy atom. The standard InChI is InChI=1S/C16H22N2O2/c1-3-12-5-8-18(10-13(12)4-2)15(19)20-14-9-17-11-16(14)6-7-16/h3-4,14,17H,1-2,5-11H2. The number of nitrogens with one attached hydrogen (secondary N) is 1. The van der Waals surface area contributed by atoms with Crippen LogP contribution < -0.4 is 5.32 Å². The average Bonchev–Trinajstić information content (AvgIpc) is 3.15. The van der Waals surface area contributed by atoms with E-state index in [-0.39, 0.29) is 17.6 Å². The van der Waals surface area contributed by atoms with E-state index in [4.69, 9.17) is 4.74 Å². The molecule has 1 aliphatic carbocycles. The third-order valence-electron chi connectivity index (χ3n) is 4.80. The second kappa shape index (κ2) is 5.09. The maximum absolute atomic E-state index is 12.3. The second-order valence-electron chi connectivity index (χ2n) is 6.00. The summed E-state index contributed by atoms with van der Waals surface area (Å²) in [6.07, 6.45) is 6.72. The summed E-state index contributed by atoms with van der Waals surface area (Å²) in [5.41, 5.74) is 2.51. The molecule has 0 bridgehead atoms. The number of carbonyl (C=O) groups excluding carboxylic acids is 1. The topological polar surface area (TPSA) is 41.6 Å². The lowest BCUT2D eigenvalue weighted by atomic mass is 10.0.